The van der Waals surface area contributed by atoms with Crippen molar-refractivity contribution in [1.82, 2.24) is 5.32 Å². The van der Waals surface area contributed by atoms with Crippen molar-refractivity contribution in [3.05, 3.63) is 56.2 Å². The molecular weight excluding hydrogens is 503 g/mol. The number of anilines is 1. The fourth-order valence-electron chi connectivity index (χ4n) is 2.21. The maximum Gasteiger partial charge on any atom is 0.322 e. The molecule has 0 aliphatic carbocycles. The van der Waals surface area contributed by atoms with Crippen molar-refractivity contribution >= 4 is 55.3 Å². The van der Waals surface area contributed by atoms with Crippen LogP contribution in [0.1, 0.15) is 22.8 Å². The standard InChI is InChI=1S/C18H15Br2FN2O5/c1-9(24)23-14-4-2-3-10(16(14)21)8-28-17-12(19)5-11(6-13(17)20)18(27)22-7-15(25)26/h2-6H,7-8H2,1H3,(H,22,27)(H,23,24)(H,25,26). The predicted octanol–water partition coefficient (Wildman–Crippen LogP) is 3.70. The van der Waals surface area contributed by atoms with Crippen molar-refractivity contribution in [2.45, 2.75) is 13.5 Å². The van der Waals surface area contributed by atoms with Crippen molar-refractivity contribution in [2.24, 2.45) is 0 Å². The van der Waals surface area contributed by atoms with E-state index in [2.05, 4.69) is 42.5 Å². The summed E-state index contributed by atoms with van der Waals surface area (Å²) in [7, 11) is 0. The third-order valence-electron chi connectivity index (χ3n) is 3.42. The van der Waals surface area contributed by atoms with E-state index in [0.29, 0.717) is 14.7 Å². The number of hydrogen-bond acceptors (Lipinski definition) is 4. The summed E-state index contributed by atoms with van der Waals surface area (Å²) in [5.74, 6) is -2.38. The van der Waals surface area contributed by atoms with E-state index in [4.69, 9.17) is 9.84 Å². The van der Waals surface area contributed by atoms with Crippen molar-refractivity contribution in [3.8, 4) is 5.75 Å². The zero-order chi connectivity index (χ0) is 20.8. The summed E-state index contributed by atoms with van der Waals surface area (Å²) >= 11 is 6.57. The second-order valence-corrected chi connectivity index (χ2v) is 7.30. The summed E-state index contributed by atoms with van der Waals surface area (Å²) in [6, 6.07) is 7.47. The van der Waals surface area contributed by atoms with E-state index >= 15 is 0 Å². The van der Waals surface area contributed by atoms with E-state index in [1.54, 1.807) is 6.07 Å². The fourth-order valence-corrected chi connectivity index (χ4v) is 3.63. The lowest BCUT2D eigenvalue weighted by molar-refractivity contribution is -0.135. The lowest BCUT2D eigenvalue weighted by atomic mass is 10.2. The first-order valence-corrected chi connectivity index (χ1v) is 9.44. The Morgan fingerprint density at radius 1 is 1.18 bits per heavy atom. The van der Waals surface area contributed by atoms with Crippen LogP contribution in [0.15, 0.2) is 39.3 Å². The fraction of sp³-hybridized carbons (Fsp3) is 0.167. The predicted molar refractivity (Wildman–Crippen MR) is 107 cm³/mol. The van der Waals surface area contributed by atoms with Crippen LogP contribution in [0.3, 0.4) is 0 Å². The SMILES string of the molecule is CC(=O)Nc1cccc(COc2c(Br)cc(C(=O)NCC(=O)O)cc2Br)c1F. The average Bonchev–Trinajstić information content (AvgIpc) is 2.61. The molecule has 0 bridgehead atoms. The van der Waals surface area contributed by atoms with Crippen LogP contribution in [0.25, 0.3) is 0 Å². The Labute approximate surface area is 176 Å². The molecule has 7 nitrogen and oxygen atoms in total. The molecule has 148 valence electrons. The maximum absolute atomic E-state index is 14.4. The highest BCUT2D eigenvalue weighted by Crippen LogP contribution is 2.35. The number of benzene rings is 2. The number of amides is 2. The highest BCUT2D eigenvalue weighted by Gasteiger charge is 2.16. The van der Waals surface area contributed by atoms with Crippen LogP contribution in [0.5, 0.6) is 5.75 Å². The molecule has 2 aromatic carbocycles. The molecule has 3 N–H and O–H groups in total. The molecule has 2 aromatic rings. The zero-order valence-corrected chi connectivity index (χ0v) is 17.7. The van der Waals surface area contributed by atoms with Gasteiger partial charge in [0, 0.05) is 18.1 Å². The van der Waals surface area contributed by atoms with Crippen LogP contribution in [0.2, 0.25) is 0 Å². The number of carbonyl (C=O) groups is 3. The third kappa shape index (κ3) is 5.77. The topological polar surface area (TPSA) is 105 Å². The van der Waals surface area contributed by atoms with Crippen LogP contribution in [0.4, 0.5) is 10.1 Å². The van der Waals surface area contributed by atoms with Gasteiger partial charge in [-0.15, -0.1) is 0 Å². The Morgan fingerprint density at radius 3 is 2.39 bits per heavy atom. The Balaban J connectivity index is 2.16. The summed E-state index contributed by atoms with van der Waals surface area (Å²) in [6.07, 6.45) is 0. The van der Waals surface area contributed by atoms with Gasteiger partial charge in [0.05, 0.1) is 14.6 Å². The van der Waals surface area contributed by atoms with Crippen LogP contribution in [0, 0.1) is 5.82 Å². The minimum atomic E-state index is -1.16. The number of ether oxygens (including phenoxy) is 1. The molecule has 0 saturated carbocycles. The van der Waals surface area contributed by atoms with Crippen molar-refractivity contribution in [1.29, 1.82) is 0 Å². The summed E-state index contributed by atoms with van der Waals surface area (Å²) in [5, 5.41) is 13.3. The largest absolute Gasteiger partial charge is 0.486 e. The Morgan fingerprint density at radius 2 is 1.82 bits per heavy atom. The molecule has 2 rings (SSSR count). The Hall–Kier alpha value is -2.46. The van der Waals surface area contributed by atoms with E-state index in [9.17, 15) is 18.8 Å². The molecule has 0 atom stereocenters. The Kier molecular flexibility index (Phi) is 7.53. The highest BCUT2D eigenvalue weighted by atomic mass is 79.9. The smallest absolute Gasteiger partial charge is 0.322 e. The Bertz CT molecular complexity index is 913. The van der Waals surface area contributed by atoms with Gasteiger partial charge in [-0.05, 0) is 50.1 Å². The van der Waals surface area contributed by atoms with Gasteiger partial charge >= 0.3 is 5.97 Å². The highest BCUT2D eigenvalue weighted by molar-refractivity contribution is 9.11. The summed E-state index contributed by atoms with van der Waals surface area (Å²) in [6.45, 7) is 0.655. The molecule has 0 spiro atoms. The minimum Gasteiger partial charge on any atom is -0.486 e. The number of hydrogen-bond donors (Lipinski definition) is 3. The van der Waals surface area contributed by atoms with Crippen LogP contribution in [-0.4, -0.2) is 29.4 Å². The quantitative estimate of drug-likeness (QED) is 0.519. The van der Waals surface area contributed by atoms with Gasteiger partial charge in [0.2, 0.25) is 5.91 Å². The van der Waals surface area contributed by atoms with Gasteiger partial charge in [-0.3, -0.25) is 14.4 Å². The van der Waals surface area contributed by atoms with Gasteiger partial charge < -0.3 is 20.5 Å². The van der Waals surface area contributed by atoms with Crippen molar-refractivity contribution < 1.29 is 28.6 Å². The molecule has 10 heteroatoms. The van der Waals surface area contributed by atoms with Gasteiger partial charge in [0.15, 0.2) is 5.82 Å². The lowest BCUT2D eigenvalue weighted by Crippen LogP contribution is -2.29. The molecule has 28 heavy (non-hydrogen) atoms. The molecule has 0 unspecified atom stereocenters. The van der Waals surface area contributed by atoms with Crippen LogP contribution in [-0.2, 0) is 16.2 Å². The third-order valence-corrected chi connectivity index (χ3v) is 4.60. The molecule has 0 aromatic heterocycles. The molecule has 0 radical (unpaired) electrons. The number of carbonyl (C=O) groups excluding carboxylic acids is 2. The molecular formula is C18H15Br2FN2O5. The lowest BCUT2D eigenvalue weighted by Gasteiger charge is -2.14. The molecule has 0 aliphatic heterocycles. The first-order chi connectivity index (χ1) is 13.2. The average molecular weight is 518 g/mol. The molecule has 0 aliphatic rings. The summed E-state index contributed by atoms with van der Waals surface area (Å²) in [4.78, 5) is 33.6. The molecule has 0 fully saturated rings. The number of nitrogens with one attached hydrogen (secondary N) is 2. The van der Waals surface area contributed by atoms with E-state index < -0.39 is 24.2 Å². The van der Waals surface area contributed by atoms with Gasteiger partial charge in [-0.25, -0.2) is 4.39 Å². The summed E-state index contributed by atoms with van der Waals surface area (Å²) in [5.41, 5.74) is 0.497. The zero-order valence-electron chi connectivity index (χ0n) is 14.5. The monoisotopic (exact) mass is 516 g/mol. The first kappa shape index (κ1) is 21.8. The first-order valence-electron chi connectivity index (χ1n) is 7.86. The van der Waals surface area contributed by atoms with Gasteiger partial charge in [-0.1, -0.05) is 12.1 Å². The molecule has 0 heterocycles. The number of carboxylic acids is 1. The normalized spacial score (nSPS) is 10.3. The minimum absolute atomic E-state index is 0.0529. The van der Waals surface area contributed by atoms with E-state index in [-0.39, 0.29) is 29.3 Å². The number of carboxylic acid groups (broad SMARTS) is 1. The van der Waals surface area contributed by atoms with Gasteiger partial charge in [0.25, 0.3) is 5.91 Å². The number of aliphatic carboxylic acids is 1. The van der Waals surface area contributed by atoms with E-state index in [1.165, 1.54) is 31.2 Å². The van der Waals surface area contributed by atoms with E-state index in [0.717, 1.165) is 0 Å². The number of rotatable bonds is 7. The van der Waals surface area contributed by atoms with Crippen LogP contribution >= 0.6 is 31.9 Å². The van der Waals surface area contributed by atoms with Crippen molar-refractivity contribution in [2.75, 3.05) is 11.9 Å². The van der Waals surface area contributed by atoms with Crippen LogP contribution < -0.4 is 15.4 Å². The molecule has 2 amide bonds. The summed E-state index contributed by atoms with van der Waals surface area (Å²) < 4.78 is 20.9. The molecule has 0 saturated heterocycles. The van der Waals surface area contributed by atoms with Gasteiger partial charge in [-0.2, -0.15) is 0 Å². The second kappa shape index (κ2) is 9.65. The van der Waals surface area contributed by atoms with E-state index in [1.807, 2.05) is 0 Å². The number of halogens is 3. The van der Waals surface area contributed by atoms with Gasteiger partial charge in [0.1, 0.15) is 18.9 Å². The van der Waals surface area contributed by atoms with Crippen molar-refractivity contribution in [3.63, 3.8) is 0 Å². The second-order valence-electron chi connectivity index (χ2n) is 5.59. The maximum atomic E-state index is 14.4.